The summed E-state index contributed by atoms with van der Waals surface area (Å²) in [6.07, 6.45) is 8.38. The number of phenols is 2. The highest BCUT2D eigenvalue weighted by Gasteiger charge is 2.40. The van der Waals surface area contributed by atoms with E-state index in [1.807, 2.05) is 17.0 Å². The fourth-order valence-corrected chi connectivity index (χ4v) is 9.22. The molecule has 37 heavy (non-hydrogen) atoms. The van der Waals surface area contributed by atoms with E-state index in [2.05, 4.69) is 18.0 Å². The van der Waals surface area contributed by atoms with E-state index in [0.717, 1.165) is 37.0 Å². The monoisotopic (exact) mass is 547 g/mol. The Balaban J connectivity index is 1.71. The molecule has 2 aliphatic heterocycles. The zero-order valence-electron chi connectivity index (χ0n) is 21.8. The van der Waals surface area contributed by atoms with E-state index >= 15 is 0 Å². The molecule has 4 rings (SSSR count). The third kappa shape index (κ3) is 6.30. The molecule has 1 aromatic carbocycles. The van der Waals surface area contributed by atoms with Crippen LogP contribution in [0.3, 0.4) is 0 Å². The molecule has 5 unspecified atom stereocenters. The third-order valence-corrected chi connectivity index (χ3v) is 10.7. The number of aliphatic imine (C=N–C) groups is 1. The van der Waals surface area contributed by atoms with Gasteiger partial charge < -0.3 is 19.7 Å². The maximum atomic E-state index is 13.6. The molecule has 1 fully saturated rings. The van der Waals surface area contributed by atoms with Gasteiger partial charge in [-0.25, -0.2) is 0 Å². The number of rotatable bonds is 6. The molecule has 2 N–H and O–H groups in total. The Morgan fingerprint density at radius 3 is 2.70 bits per heavy atom. The number of phenolic OH excluding ortho intramolecular Hbond substituents is 2. The molecule has 1 aliphatic carbocycles. The van der Waals surface area contributed by atoms with E-state index < -0.39 is 6.10 Å². The molecular formula is C28H37NO6S2. The van der Waals surface area contributed by atoms with Gasteiger partial charge >= 0.3 is 5.97 Å². The highest BCUT2D eigenvalue weighted by Crippen LogP contribution is 2.52. The van der Waals surface area contributed by atoms with Crippen LogP contribution in [0.25, 0.3) is 0 Å². The molecule has 9 heteroatoms. The van der Waals surface area contributed by atoms with Crippen LogP contribution < -0.4 is 4.74 Å². The number of aromatic hydroxyl groups is 2. The summed E-state index contributed by atoms with van der Waals surface area (Å²) in [5.41, 5.74) is 2.72. The second kappa shape index (κ2) is 12.6. The summed E-state index contributed by atoms with van der Waals surface area (Å²) in [5, 5.41) is 21.2. The number of carbonyl (C=O) groups is 2. The molecule has 202 valence electrons. The van der Waals surface area contributed by atoms with E-state index in [-0.39, 0.29) is 64.8 Å². The number of nitrogens with zero attached hydrogens (tertiary/aromatic N) is 1. The number of allylic oxidation sites excluding steroid dienone is 1. The largest absolute Gasteiger partial charge is 0.504 e. The van der Waals surface area contributed by atoms with Crippen molar-refractivity contribution < 1.29 is 29.3 Å². The Labute approximate surface area is 226 Å². The lowest BCUT2D eigenvalue weighted by Crippen LogP contribution is -2.36. The van der Waals surface area contributed by atoms with Crippen LogP contribution in [-0.4, -0.2) is 58.9 Å². The lowest BCUT2D eigenvalue weighted by molar-refractivity contribution is -0.151. The van der Waals surface area contributed by atoms with Gasteiger partial charge in [-0.2, -0.15) is 0 Å². The molecule has 1 saturated heterocycles. The summed E-state index contributed by atoms with van der Waals surface area (Å²) >= 11 is 0. The number of benzene rings is 1. The number of ketones is 1. The molecule has 0 bridgehead atoms. The average Bonchev–Trinajstić information content (AvgIpc) is 3.39. The minimum atomic E-state index is -0.496. The average molecular weight is 548 g/mol. The first-order chi connectivity index (χ1) is 17.8. The fourth-order valence-electron chi connectivity index (χ4n) is 5.90. The Morgan fingerprint density at radius 2 is 2.03 bits per heavy atom. The minimum Gasteiger partial charge on any atom is -0.504 e. The van der Waals surface area contributed by atoms with Crippen LogP contribution >= 0.6 is 21.6 Å². The summed E-state index contributed by atoms with van der Waals surface area (Å²) in [5.74, 6) is 0.350. The maximum Gasteiger partial charge on any atom is 0.302 e. The molecule has 0 aromatic heterocycles. The second-order valence-electron chi connectivity index (χ2n) is 10.1. The predicted molar refractivity (Wildman–Crippen MR) is 149 cm³/mol. The molecule has 1 aromatic rings. The van der Waals surface area contributed by atoms with Crippen molar-refractivity contribution in [2.75, 3.05) is 19.4 Å². The molecule has 2 heterocycles. The zero-order valence-corrected chi connectivity index (χ0v) is 23.4. The van der Waals surface area contributed by atoms with Gasteiger partial charge in [0.15, 0.2) is 11.5 Å². The molecule has 0 spiro atoms. The van der Waals surface area contributed by atoms with Crippen LogP contribution in [0.5, 0.6) is 17.2 Å². The van der Waals surface area contributed by atoms with E-state index in [4.69, 9.17) is 9.47 Å². The standard InChI is InChI=1S/C28H37NO6S2/c1-4-5-6-19-23(17-9-10-29-14-17)15-36-37-26-8-7-20-21(13-25(34-3)28(33)27(20)32)22(26)11-18(31)12-24(19)35-16(2)30/h9,13-14,19,22-24,26,32-33H,4-8,10-12,15H2,1-3H3. The Bertz CT molecular complexity index is 1070. The number of hydrogen-bond acceptors (Lipinski definition) is 9. The van der Waals surface area contributed by atoms with Gasteiger partial charge in [0.25, 0.3) is 0 Å². The van der Waals surface area contributed by atoms with Crippen molar-refractivity contribution in [3.8, 4) is 17.2 Å². The smallest absolute Gasteiger partial charge is 0.302 e. The number of esters is 1. The first-order valence-corrected chi connectivity index (χ1v) is 15.5. The minimum absolute atomic E-state index is 0.0326. The van der Waals surface area contributed by atoms with Crippen molar-refractivity contribution in [2.45, 2.75) is 76.1 Å². The lowest BCUT2D eigenvalue weighted by Gasteiger charge is -2.33. The number of unbranched alkanes of at least 4 members (excludes halogenated alkanes) is 1. The maximum absolute atomic E-state index is 13.6. The van der Waals surface area contributed by atoms with Crippen molar-refractivity contribution >= 4 is 39.6 Å². The van der Waals surface area contributed by atoms with Crippen molar-refractivity contribution in [1.29, 1.82) is 0 Å². The molecule has 7 nitrogen and oxygen atoms in total. The summed E-state index contributed by atoms with van der Waals surface area (Å²) in [4.78, 5) is 30.2. The predicted octanol–water partition coefficient (Wildman–Crippen LogP) is 5.61. The first-order valence-electron chi connectivity index (χ1n) is 13.1. The van der Waals surface area contributed by atoms with Gasteiger partial charge in [-0.15, -0.1) is 0 Å². The SMILES string of the molecule is CCCCC1C(OC(C)=O)CC(=O)CC2c3cc(OC)c(O)c(O)c3CCC2SSCC1C1=CCN=C1. The van der Waals surface area contributed by atoms with Gasteiger partial charge in [0.2, 0.25) is 5.75 Å². The van der Waals surface area contributed by atoms with Crippen LogP contribution in [0, 0.1) is 11.8 Å². The Morgan fingerprint density at radius 1 is 1.22 bits per heavy atom. The Hall–Kier alpha value is -2.13. The molecular weight excluding hydrogens is 510 g/mol. The highest BCUT2D eigenvalue weighted by atomic mass is 33.1. The third-order valence-electron chi connectivity index (χ3n) is 7.74. The van der Waals surface area contributed by atoms with Crippen LogP contribution in [0.15, 0.2) is 22.7 Å². The van der Waals surface area contributed by atoms with E-state index in [1.165, 1.54) is 19.6 Å². The second-order valence-corrected chi connectivity index (χ2v) is 12.8. The quantitative estimate of drug-likeness (QED) is 0.269. The van der Waals surface area contributed by atoms with Crippen molar-refractivity contribution in [2.24, 2.45) is 16.8 Å². The van der Waals surface area contributed by atoms with Crippen LogP contribution in [-0.2, 0) is 20.7 Å². The molecule has 0 radical (unpaired) electrons. The van der Waals surface area contributed by atoms with Gasteiger partial charge in [-0.05, 0) is 36.5 Å². The summed E-state index contributed by atoms with van der Waals surface area (Å²) in [6, 6.07) is 1.77. The Kier molecular flexibility index (Phi) is 9.51. The summed E-state index contributed by atoms with van der Waals surface area (Å²) in [7, 11) is 5.07. The van der Waals surface area contributed by atoms with Crippen molar-refractivity contribution in [3.63, 3.8) is 0 Å². The number of carbonyl (C=O) groups excluding carboxylic acids is 2. The normalized spacial score (nSPS) is 28.0. The van der Waals surface area contributed by atoms with Gasteiger partial charge in [-0.3, -0.25) is 14.6 Å². The van der Waals surface area contributed by atoms with E-state index in [1.54, 1.807) is 16.9 Å². The van der Waals surface area contributed by atoms with E-state index in [9.17, 15) is 19.8 Å². The zero-order chi connectivity index (χ0) is 26.5. The summed E-state index contributed by atoms with van der Waals surface area (Å²) < 4.78 is 11.2. The number of ether oxygens (including phenoxy) is 2. The first kappa shape index (κ1) is 27.9. The van der Waals surface area contributed by atoms with Crippen molar-refractivity contribution in [1.82, 2.24) is 0 Å². The molecule has 0 saturated carbocycles. The number of Topliss-reactive ketones (excluding diaryl/α,β-unsaturated/α-hetero) is 1. The fraction of sp³-hybridized carbons (Fsp3) is 0.607. The number of fused-ring (bicyclic) bond motifs is 3. The van der Waals surface area contributed by atoms with Gasteiger partial charge in [0, 0.05) is 60.3 Å². The highest BCUT2D eigenvalue weighted by molar-refractivity contribution is 8.76. The molecule has 0 amide bonds. The topological polar surface area (TPSA) is 105 Å². The van der Waals surface area contributed by atoms with E-state index in [0.29, 0.717) is 18.5 Å². The number of hydrogen-bond donors (Lipinski definition) is 2. The molecule has 5 atom stereocenters. The van der Waals surface area contributed by atoms with Crippen LogP contribution in [0.1, 0.15) is 69.4 Å². The lowest BCUT2D eigenvalue weighted by atomic mass is 9.76. The van der Waals surface area contributed by atoms with Gasteiger partial charge in [-0.1, -0.05) is 47.4 Å². The van der Waals surface area contributed by atoms with Crippen LogP contribution in [0.2, 0.25) is 0 Å². The number of methoxy groups -OCH3 is 1. The van der Waals surface area contributed by atoms with Gasteiger partial charge in [0.1, 0.15) is 11.9 Å². The van der Waals surface area contributed by atoms with Crippen molar-refractivity contribution in [3.05, 3.63) is 28.8 Å². The van der Waals surface area contributed by atoms with Crippen LogP contribution in [0.4, 0.5) is 0 Å². The molecule has 3 aliphatic rings. The summed E-state index contributed by atoms with van der Waals surface area (Å²) in [6.45, 7) is 4.23. The van der Waals surface area contributed by atoms with Gasteiger partial charge in [0.05, 0.1) is 13.7 Å².